The van der Waals surface area contributed by atoms with Crippen LogP contribution < -0.4 is 10.1 Å². The van der Waals surface area contributed by atoms with Gasteiger partial charge < -0.3 is 10.1 Å². The summed E-state index contributed by atoms with van der Waals surface area (Å²) >= 11 is 0. The third-order valence-electron chi connectivity index (χ3n) is 4.81. The molecule has 0 spiro atoms. The van der Waals surface area contributed by atoms with Crippen LogP contribution in [0.4, 0.5) is 14.5 Å². The molecule has 0 fully saturated rings. The predicted octanol–water partition coefficient (Wildman–Crippen LogP) is 3.73. The number of alkyl halides is 2. The summed E-state index contributed by atoms with van der Waals surface area (Å²) in [6.45, 7) is 1.44. The van der Waals surface area contributed by atoms with Crippen molar-refractivity contribution >= 4 is 22.6 Å². The molecule has 0 atom stereocenters. The molecule has 0 saturated heterocycles. The van der Waals surface area contributed by atoms with E-state index < -0.39 is 6.43 Å². The summed E-state index contributed by atoms with van der Waals surface area (Å²) in [5.41, 5.74) is 1.94. The van der Waals surface area contributed by atoms with Crippen molar-refractivity contribution in [3.63, 3.8) is 0 Å². The molecule has 0 unspecified atom stereocenters. The molecule has 0 aliphatic carbocycles. The van der Waals surface area contributed by atoms with Gasteiger partial charge in [0.15, 0.2) is 5.65 Å². The minimum Gasteiger partial charge on any atom is -0.497 e. The minimum atomic E-state index is -2.72. The Kier molecular flexibility index (Phi) is 5.37. The lowest BCUT2D eigenvalue weighted by Gasteiger charge is -2.09. The van der Waals surface area contributed by atoms with E-state index in [1.165, 1.54) is 10.7 Å². The van der Waals surface area contributed by atoms with E-state index in [4.69, 9.17) is 4.74 Å². The Balaban J connectivity index is 1.70. The molecule has 3 aromatic heterocycles. The average molecular weight is 426 g/mol. The van der Waals surface area contributed by atoms with Gasteiger partial charge >= 0.3 is 0 Å². The van der Waals surface area contributed by atoms with Gasteiger partial charge in [0.1, 0.15) is 12.3 Å². The number of nitrogens with one attached hydrogen (secondary N) is 1. The van der Waals surface area contributed by atoms with Gasteiger partial charge in [0.25, 0.3) is 6.43 Å². The Hall–Kier alpha value is -3.82. The Morgan fingerprint density at radius 3 is 2.61 bits per heavy atom. The minimum absolute atomic E-state index is 0.178. The van der Waals surface area contributed by atoms with Crippen LogP contribution in [0.2, 0.25) is 0 Å². The molecule has 1 amide bonds. The molecule has 0 aliphatic heterocycles. The van der Waals surface area contributed by atoms with Gasteiger partial charge in [0.2, 0.25) is 5.91 Å². The van der Waals surface area contributed by atoms with Crippen LogP contribution in [0.15, 0.2) is 42.7 Å². The number of carbonyl (C=O) groups is 1. The van der Waals surface area contributed by atoms with Crippen molar-refractivity contribution in [1.82, 2.24) is 24.5 Å². The molecule has 4 rings (SSSR count). The Morgan fingerprint density at radius 1 is 1.26 bits per heavy atom. The highest BCUT2D eigenvalue weighted by atomic mass is 19.3. The number of fused-ring (bicyclic) bond motifs is 1. The summed E-state index contributed by atoms with van der Waals surface area (Å²) in [6.07, 6.45) is 0.520. The summed E-state index contributed by atoms with van der Waals surface area (Å²) < 4.78 is 35.7. The van der Waals surface area contributed by atoms with Gasteiger partial charge in [-0.1, -0.05) is 0 Å². The maximum absolute atomic E-state index is 13.8. The summed E-state index contributed by atoms with van der Waals surface area (Å²) in [6, 6.07) is 8.20. The van der Waals surface area contributed by atoms with Gasteiger partial charge in [-0.3, -0.25) is 9.48 Å². The number of aryl methyl sites for hydroxylation is 2. The zero-order valence-corrected chi connectivity index (χ0v) is 17.1. The second-order valence-corrected chi connectivity index (χ2v) is 7.02. The molecule has 0 radical (unpaired) electrons. The van der Waals surface area contributed by atoms with Crippen molar-refractivity contribution in [2.45, 2.75) is 19.9 Å². The quantitative estimate of drug-likeness (QED) is 0.508. The Labute approximate surface area is 176 Å². The van der Waals surface area contributed by atoms with Gasteiger partial charge in [-0.05, 0) is 37.3 Å². The topological polar surface area (TPSA) is 86.9 Å². The van der Waals surface area contributed by atoms with E-state index in [0.29, 0.717) is 28.4 Å². The molecular formula is C21H20F2N6O2. The lowest BCUT2D eigenvalue weighted by molar-refractivity contribution is -0.116. The number of hydrogen-bond acceptors (Lipinski definition) is 5. The number of carbonyl (C=O) groups excluding carboxylic acids is 1. The largest absolute Gasteiger partial charge is 0.497 e. The first-order chi connectivity index (χ1) is 14.9. The number of aromatic nitrogens is 5. The molecule has 1 aromatic carbocycles. The van der Waals surface area contributed by atoms with E-state index in [-0.39, 0.29) is 29.0 Å². The zero-order valence-electron chi connectivity index (χ0n) is 17.1. The molecule has 1 N–H and O–H groups in total. The molecule has 0 bridgehead atoms. The van der Waals surface area contributed by atoms with E-state index in [9.17, 15) is 13.6 Å². The van der Waals surface area contributed by atoms with Crippen molar-refractivity contribution in [3.05, 3.63) is 54.0 Å². The zero-order chi connectivity index (χ0) is 22.1. The summed E-state index contributed by atoms with van der Waals surface area (Å²) in [5.74, 6) is 0.306. The number of amides is 1. The third-order valence-corrected chi connectivity index (χ3v) is 4.81. The number of anilines is 1. The number of nitrogens with zero attached hydrogens (tertiary/aromatic N) is 5. The van der Waals surface area contributed by atoms with Crippen molar-refractivity contribution < 1.29 is 18.3 Å². The highest BCUT2D eigenvalue weighted by Gasteiger charge is 2.22. The van der Waals surface area contributed by atoms with Crippen LogP contribution in [-0.2, 0) is 18.4 Å². The Morgan fingerprint density at radius 2 is 2.00 bits per heavy atom. The SMILES string of the molecule is COc1ccc(NC(=O)Cn2nc(C)c3c(C(F)F)cc(-c4cnn(C)c4)nc32)cc1. The Bertz CT molecular complexity index is 1250. The highest BCUT2D eigenvalue weighted by molar-refractivity contribution is 5.92. The van der Waals surface area contributed by atoms with Crippen LogP contribution in [0, 0.1) is 6.92 Å². The number of methoxy groups -OCH3 is 1. The van der Waals surface area contributed by atoms with Crippen molar-refractivity contribution in [2.24, 2.45) is 7.05 Å². The van der Waals surface area contributed by atoms with Gasteiger partial charge in [-0.2, -0.15) is 10.2 Å². The molecule has 0 saturated carbocycles. The molecule has 3 heterocycles. The second-order valence-electron chi connectivity index (χ2n) is 7.02. The normalized spacial score (nSPS) is 11.3. The fraction of sp³-hybridized carbons (Fsp3) is 0.238. The standard InChI is InChI=1S/C21H20F2N6O2/c1-12-19-16(20(22)23)8-17(13-9-24-28(2)10-13)26-21(19)29(27-12)11-18(30)25-14-4-6-15(31-3)7-5-14/h4-10,20H,11H2,1-3H3,(H,25,30). The molecule has 0 aliphatic rings. The van der Waals surface area contributed by atoms with E-state index in [2.05, 4.69) is 20.5 Å². The van der Waals surface area contributed by atoms with Crippen LogP contribution in [0.5, 0.6) is 5.75 Å². The number of rotatable bonds is 6. The van der Waals surface area contributed by atoms with Crippen molar-refractivity contribution in [3.8, 4) is 17.0 Å². The van der Waals surface area contributed by atoms with Crippen LogP contribution in [0.25, 0.3) is 22.3 Å². The molecule has 10 heteroatoms. The third kappa shape index (κ3) is 4.09. The molecular weight excluding hydrogens is 406 g/mol. The maximum atomic E-state index is 13.8. The monoisotopic (exact) mass is 426 g/mol. The number of pyridine rings is 1. The molecule has 8 nitrogen and oxygen atoms in total. The van der Waals surface area contributed by atoms with Gasteiger partial charge in [-0.25, -0.2) is 18.4 Å². The van der Waals surface area contributed by atoms with Crippen LogP contribution in [0.1, 0.15) is 17.7 Å². The number of hydrogen-bond donors (Lipinski definition) is 1. The number of halogens is 2. The summed E-state index contributed by atoms with van der Waals surface area (Å²) in [4.78, 5) is 17.1. The van der Waals surface area contributed by atoms with E-state index >= 15 is 0 Å². The lowest BCUT2D eigenvalue weighted by atomic mass is 10.1. The van der Waals surface area contributed by atoms with Gasteiger partial charge in [0, 0.05) is 30.1 Å². The smallest absolute Gasteiger partial charge is 0.264 e. The predicted molar refractivity (Wildman–Crippen MR) is 111 cm³/mol. The van der Waals surface area contributed by atoms with Gasteiger partial charge in [-0.15, -0.1) is 0 Å². The fourth-order valence-electron chi connectivity index (χ4n) is 3.38. The van der Waals surface area contributed by atoms with Crippen molar-refractivity contribution in [2.75, 3.05) is 12.4 Å². The van der Waals surface area contributed by atoms with E-state index in [1.807, 2.05) is 0 Å². The lowest BCUT2D eigenvalue weighted by Crippen LogP contribution is -2.19. The first-order valence-electron chi connectivity index (χ1n) is 9.45. The van der Waals surface area contributed by atoms with Crippen LogP contribution in [-0.4, -0.2) is 37.6 Å². The first kappa shape index (κ1) is 20.5. The van der Waals surface area contributed by atoms with Crippen LogP contribution >= 0.6 is 0 Å². The molecule has 4 aromatic rings. The maximum Gasteiger partial charge on any atom is 0.264 e. The first-order valence-corrected chi connectivity index (χ1v) is 9.45. The average Bonchev–Trinajstić information content (AvgIpc) is 3.31. The van der Waals surface area contributed by atoms with Crippen LogP contribution in [0.3, 0.4) is 0 Å². The van der Waals surface area contributed by atoms with Crippen molar-refractivity contribution in [1.29, 1.82) is 0 Å². The summed E-state index contributed by atoms with van der Waals surface area (Å²) in [7, 11) is 3.28. The fourth-order valence-corrected chi connectivity index (χ4v) is 3.38. The molecule has 160 valence electrons. The molecule has 31 heavy (non-hydrogen) atoms. The summed E-state index contributed by atoms with van der Waals surface area (Å²) in [5, 5.41) is 11.4. The number of ether oxygens (including phenoxy) is 1. The van der Waals surface area contributed by atoms with Gasteiger partial charge in [0.05, 0.1) is 30.1 Å². The number of benzene rings is 1. The van der Waals surface area contributed by atoms with E-state index in [0.717, 1.165) is 0 Å². The van der Waals surface area contributed by atoms with E-state index in [1.54, 1.807) is 62.4 Å². The second kappa shape index (κ2) is 8.13. The highest BCUT2D eigenvalue weighted by Crippen LogP contribution is 2.33.